The van der Waals surface area contributed by atoms with Gasteiger partial charge in [-0.3, -0.25) is 4.79 Å². The number of carbonyl (C=O) groups is 2. The minimum Gasteiger partial charge on any atom is -0.363 e. The van der Waals surface area contributed by atoms with Crippen molar-refractivity contribution in [1.82, 2.24) is 10.1 Å². The van der Waals surface area contributed by atoms with Crippen molar-refractivity contribution in [3.63, 3.8) is 0 Å². The maximum atomic E-state index is 12.7. The molecule has 0 saturated carbocycles. The van der Waals surface area contributed by atoms with E-state index in [1.165, 1.54) is 11.2 Å². The molecular formula is C19H26N4O3. The van der Waals surface area contributed by atoms with E-state index in [-0.39, 0.29) is 18.5 Å². The SMILES string of the molecule is CCCCCN(CC(=O)Nc1ccon1)C(=O)Nc1cccc(C)c1C. The number of nitrogens with one attached hydrogen (secondary N) is 2. The van der Waals surface area contributed by atoms with Crippen LogP contribution in [0.4, 0.5) is 16.3 Å². The molecule has 0 unspecified atom stereocenters. The van der Waals surface area contributed by atoms with E-state index >= 15 is 0 Å². The number of rotatable bonds is 8. The first kappa shape index (κ1) is 19.5. The fourth-order valence-electron chi connectivity index (χ4n) is 2.52. The molecule has 2 rings (SSSR count). The highest BCUT2D eigenvalue weighted by atomic mass is 16.5. The topological polar surface area (TPSA) is 87.5 Å². The fraction of sp³-hybridized carbons (Fsp3) is 0.421. The number of unbranched alkanes of at least 4 members (excludes halogenated alkanes) is 2. The second kappa shape index (κ2) is 9.60. The van der Waals surface area contributed by atoms with Gasteiger partial charge in [0.05, 0.1) is 0 Å². The first-order valence-corrected chi connectivity index (χ1v) is 8.83. The van der Waals surface area contributed by atoms with Crippen molar-refractivity contribution in [3.05, 3.63) is 41.7 Å². The molecule has 0 aliphatic rings. The van der Waals surface area contributed by atoms with Crippen LogP contribution in [0.5, 0.6) is 0 Å². The van der Waals surface area contributed by atoms with Crippen molar-refractivity contribution in [3.8, 4) is 0 Å². The van der Waals surface area contributed by atoms with Crippen LogP contribution in [0, 0.1) is 13.8 Å². The molecule has 0 saturated heterocycles. The number of benzene rings is 1. The molecule has 7 heteroatoms. The Balaban J connectivity index is 2.03. The zero-order valence-electron chi connectivity index (χ0n) is 15.5. The lowest BCUT2D eigenvalue weighted by Gasteiger charge is -2.23. The van der Waals surface area contributed by atoms with E-state index in [9.17, 15) is 9.59 Å². The Labute approximate surface area is 153 Å². The van der Waals surface area contributed by atoms with Gasteiger partial charge in [-0.15, -0.1) is 0 Å². The van der Waals surface area contributed by atoms with E-state index in [2.05, 4.69) is 22.7 Å². The van der Waals surface area contributed by atoms with Crippen LogP contribution in [-0.2, 0) is 4.79 Å². The normalized spacial score (nSPS) is 10.4. The molecule has 0 fully saturated rings. The molecular weight excluding hydrogens is 332 g/mol. The molecule has 2 aromatic rings. The largest absolute Gasteiger partial charge is 0.363 e. The van der Waals surface area contributed by atoms with Crippen molar-refractivity contribution in [2.45, 2.75) is 40.0 Å². The first-order chi connectivity index (χ1) is 12.5. The summed E-state index contributed by atoms with van der Waals surface area (Å²) in [7, 11) is 0. The van der Waals surface area contributed by atoms with Gasteiger partial charge in [-0.25, -0.2) is 4.79 Å². The van der Waals surface area contributed by atoms with Gasteiger partial charge in [-0.05, 0) is 37.5 Å². The molecule has 0 aliphatic carbocycles. The second-order valence-electron chi connectivity index (χ2n) is 6.24. The number of carbonyl (C=O) groups excluding carboxylic acids is 2. The Hall–Kier alpha value is -2.83. The summed E-state index contributed by atoms with van der Waals surface area (Å²) in [5, 5.41) is 9.18. The molecule has 0 radical (unpaired) electrons. The average molecular weight is 358 g/mol. The van der Waals surface area contributed by atoms with Gasteiger partial charge in [0.25, 0.3) is 0 Å². The van der Waals surface area contributed by atoms with Crippen molar-refractivity contribution in [2.24, 2.45) is 0 Å². The van der Waals surface area contributed by atoms with E-state index in [1.807, 2.05) is 32.0 Å². The summed E-state index contributed by atoms with van der Waals surface area (Å²) in [6, 6.07) is 7.02. The van der Waals surface area contributed by atoms with Crippen LogP contribution >= 0.6 is 0 Å². The van der Waals surface area contributed by atoms with Crippen LogP contribution in [0.1, 0.15) is 37.3 Å². The molecule has 0 aliphatic heterocycles. The van der Waals surface area contributed by atoms with Crippen molar-refractivity contribution in [2.75, 3.05) is 23.7 Å². The number of amides is 3. The van der Waals surface area contributed by atoms with Gasteiger partial charge in [0.1, 0.15) is 12.8 Å². The monoisotopic (exact) mass is 358 g/mol. The van der Waals surface area contributed by atoms with Crippen molar-refractivity contribution in [1.29, 1.82) is 0 Å². The molecule has 7 nitrogen and oxygen atoms in total. The summed E-state index contributed by atoms with van der Waals surface area (Å²) in [6.45, 7) is 6.51. The summed E-state index contributed by atoms with van der Waals surface area (Å²) < 4.78 is 4.69. The molecule has 2 N–H and O–H groups in total. The quantitative estimate of drug-likeness (QED) is 0.699. The maximum Gasteiger partial charge on any atom is 0.322 e. The van der Waals surface area contributed by atoms with E-state index in [1.54, 1.807) is 6.07 Å². The summed E-state index contributed by atoms with van der Waals surface area (Å²) in [5.41, 5.74) is 2.87. The highest BCUT2D eigenvalue weighted by Gasteiger charge is 2.18. The van der Waals surface area contributed by atoms with Gasteiger partial charge in [0.2, 0.25) is 5.91 Å². The molecule has 26 heavy (non-hydrogen) atoms. The molecule has 0 spiro atoms. The Morgan fingerprint density at radius 3 is 2.65 bits per heavy atom. The minimum absolute atomic E-state index is 0.0483. The first-order valence-electron chi connectivity index (χ1n) is 8.83. The number of urea groups is 1. The lowest BCUT2D eigenvalue weighted by atomic mass is 10.1. The van der Waals surface area contributed by atoms with Gasteiger partial charge < -0.3 is 20.1 Å². The second-order valence-corrected chi connectivity index (χ2v) is 6.24. The van der Waals surface area contributed by atoms with Gasteiger partial charge >= 0.3 is 6.03 Å². The fourth-order valence-corrected chi connectivity index (χ4v) is 2.52. The summed E-state index contributed by atoms with van der Waals surface area (Å²) in [6.07, 6.45) is 4.26. The maximum absolute atomic E-state index is 12.7. The van der Waals surface area contributed by atoms with Gasteiger partial charge in [-0.2, -0.15) is 0 Å². The number of aryl methyl sites for hydroxylation is 1. The smallest absolute Gasteiger partial charge is 0.322 e. The van der Waals surface area contributed by atoms with Crippen LogP contribution in [-0.4, -0.2) is 35.1 Å². The average Bonchev–Trinajstić information content (AvgIpc) is 3.11. The Kier molecular flexibility index (Phi) is 7.20. The number of aromatic nitrogens is 1. The molecule has 0 bridgehead atoms. The van der Waals surface area contributed by atoms with Crippen molar-refractivity contribution < 1.29 is 14.1 Å². The Morgan fingerprint density at radius 2 is 1.96 bits per heavy atom. The number of anilines is 2. The molecule has 3 amide bonds. The van der Waals surface area contributed by atoms with E-state index in [0.29, 0.717) is 12.4 Å². The summed E-state index contributed by atoms with van der Waals surface area (Å²) in [5.74, 6) is 0.0185. The highest BCUT2D eigenvalue weighted by molar-refractivity contribution is 5.96. The van der Waals surface area contributed by atoms with Crippen LogP contribution in [0.2, 0.25) is 0 Å². The molecule has 140 valence electrons. The molecule has 0 atom stereocenters. The number of hydrogen-bond donors (Lipinski definition) is 2. The van der Waals surface area contributed by atoms with Gasteiger partial charge in [0, 0.05) is 18.3 Å². The Bertz CT molecular complexity index is 728. The predicted octanol–water partition coefficient (Wildman–Crippen LogP) is 3.95. The number of nitrogens with zero attached hydrogens (tertiary/aromatic N) is 2. The van der Waals surface area contributed by atoms with Crippen molar-refractivity contribution >= 4 is 23.4 Å². The Morgan fingerprint density at radius 1 is 1.15 bits per heavy atom. The van der Waals surface area contributed by atoms with Gasteiger partial charge in [-0.1, -0.05) is 37.1 Å². The minimum atomic E-state index is -0.313. The standard InChI is InChI=1S/C19H26N4O3/c1-4-5-6-11-23(13-18(24)21-17-10-12-26-22-17)19(25)20-16-9-7-8-14(2)15(16)3/h7-10,12H,4-6,11,13H2,1-3H3,(H,20,25)(H,21,22,24). The van der Waals surface area contributed by atoms with Gasteiger partial charge in [0.15, 0.2) is 5.82 Å². The third kappa shape index (κ3) is 5.61. The van der Waals surface area contributed by atoms with E-state index in [4.69, 9.17) is 4.52 Å². The lowest BCUT2D eigenvalue weighted by Crippen LogP contribution is -2.41. The molecule has 1 heterocycles. The van der Waals surface area contributed by atoms with Crippen LogP contribution in [0.25, 0.3) is 0 Å². The summed E-state index contributed by atoms with van der Waals surface area (Å²) >= 11 is 0. The zero-order chi connectivity index (χ0) is 18.9. The van der Waals surface area contributed by atoms with Crippen LogP contribution in [0.15, 0.2) is 35.1 Å². The van der Waals surface area contributed by atoms with Crippen LogP contribution < -0.4 is 10.6 Å². The molecule has 1 aromatic heterocycles. The third-order valence-corrected chi connectivity index (χ3v) is 4.20. The van der Waals surface area contributed by atoms with E-state index in [0.717, 1.165) is 36.1 Å². The molecule has 1 aromatic carbocycles. The lowest BCUT2D eigenvalue weighted by molar-refractivity contribution is -0.116. The number of hydrogen-bond acceptors (Lipinski definition) is 4. The van der Waals surface area contributed by atoms with Crippen LogP contribution in [0.3, 0.4) is 0 Å². The van der Waals surface area contributed by atoms with E-state index < -0.39 is 0 Å². The zero-order valence-corrected chi connectivity index (χ0v) is 15.5. The highest BCUT2D eigenvalue weighted by Crippen LogP contribution is 2.18. The third-order valence-electron chi connectivity index (χ3n) is 4.20. The predicted molar refractivity (Wildman–Crippen MR) is 101 cm³/mol. The summed E-state index contributed by atoms with van der Waals surface area (Å²) in [4.78, 5) is 26.4.